The molecule has 5 heteroatoms. The molecule has 0 amide bonds. The van der Waals surface area contributed by atoms with Crippen molar-refractivity contribution in [1.82, 2.24) is 14.6 Å². The first-order chi connectivity index (χ1) is 6.22. The Bertz CT molecular complexity index is 452. The molecule has 0 saturated heterocycles. The second-order valence-electron chi connectivity index (χ2n) is 2.70. The van der Waals surface area contributed by atoms with Gasteiger partial charge in [0.05, 0.1) is 11.4 Å². The van der Waals surface area contributed by atoms with E-state index >= 15 is 0 Å². The Hall–Kier alpha value is -0.610. The van der Waals surface area contributed by atoms with Crippen molar-refractivity contribution >= 4 is 33.2 Å². The molecule has 3 nitrogen and oxygen atoms in total. The average molecular weight is 261 g/mol. The van der Waals surface area contributed by atoms with E-state index in [4.69, 9.17) is 11.6 Å². The summed E-state index contributed by atoms with van der Waals surface area (Å²) in [5.41, 5.74) is 2.85. The van der Waals surface area contributed by atoms with Gasteiger partial charge in [0.15, 0.2) is 5.65 Å². The zero-order chi connectivity index (χ0) is 9.42. The molecule has 0 bridgehead atoms. The van der Waals surface area contributed by atoms with Gasteiger partial charge in [-0.05, 0) is 19.1 Å². The van der Waals surface area contributed by atoms with E-state index in [9.17, 15) is 0 Å². The van der Waals surface area contributed by atoms with Crippen LogP contribution in [-0.2, 0) is 5.33 Å². The monoisotopic (exact) mass is 259 g/mol. The first kappa shape index (κ1) is 8.97. The summed E-state index contributed by atoms with van der Waals surface area (Å²) in [5, 5.41) is 5.37. The average Bonchev–Trinajstić information content (AvgIpc) is 2.40. The highest BCUT2D eigenvalue weighted by Crippen LogP contribution is 2.15. The van der Waals surface area contributed by atoms with Gasteiger partial charge in [-0.25, -0.2) is 9.50 Å². The van der Waals surface area contributed by atoms with Crippen LogP contribution in [0.5, 0.6) is 0 Å². The van der Waals surface area contributed by atoms with Gasteiger partial charge in [0.2, 0.25) is 0 Å². The van der Waals surface area contributed by atoms with Crippen molar-refractivity contribution in [1.29, 1.82) is 0 Å². The van der Waals surface area contributed by atoms with E-state index in [-0.39, 0.29) is 0 Å². The first-order valence-corrected chi connectivity index (χ1v) is 5.29. The number of aryl methyl sites for hydroxylation is 1. The molecule has 0 saturated carbocycles. The highest BCUT2D eigenvalue weighted by atomic mass is 79.9. The number of nitrogens with zero attached hydrogens (tertiary/aromatic N) is 3. The maximum atomic E-state index is 5.78. The number of rotatable bonds is 1. The van der Waals surface area contributed by atoms with E-state index in [1.807, 2.05) is 13.0 Å². The van der Waals surface area contributed by atoms with Crippen molar-refractivity contribution in [2.75, 3.05) is 0 Å². The molecule has 0 fully saturated rings. The molecule has 2 rings (SSSR count). The molecule has 0 aliphatic rings. The van der Waals surface area contributed by atoms with E-state index in [0.717, 1.165) is 22.4 Å². The van der Waals surface area contributed by atoms with E-state index in [1.165, 1.54) is 0 Å². The predicted molar refractivity (Wildman–Crippen MR) is 55.4 cm³/mol. The summed E-state index contributed by atoms with van der Waals surface area (Å²) in [6, 6.07) is 3.59. The van der Waals surface area contributed by atoms with Crippen LogP contribution in [0.2, 0.25) is 5.15 Å². The van der Waals surface area contributed by atoms with Crippen molar-refractivity contribution in [3.8, 4) is 0 Å². The van der Waals surface area contributed by atoms with Crippen molar-refractivity contribution in [2.24, 2.45) is 0 Å². The first-order valence-electron chi connectivity index (χ1n) is 3.79. The Balaban J connectivity index is 2.80. The summed E-state index contributed by atoms with van der Waals surface area (Å²) < 4.78 is 1.76. The van der Waals surface area contributed by atoms with Gasteiger partial charge in [-0.15, -0.1) is 0 Å². The summed E-state index contributed by atoms with van der Waals surface area (Å²) in [6.07, 6.45) is 0. The van der Waals surface area contributed by atoms with Gasteiger partial charge in [-0.1, -0.05) is 27.5 Å². The lowest BCUT2D eigenvalue weighted by atomic mass is 10.4. The van der Waals surface area contributed by atoms with Crippen LogP contribution < -0.4 is 0 Å². The van der Waals surface area contributed by atoms with Crippen LogP contribution in [0, 0.1) is 6.92 Å². The smallest absolute Gasteiger partial charge is 0.154 e. The van der Waals surface area contributed by atoms with E-state index in [1.54, 1.807) is 10.6 Å². The molecule has 0 atom stereocenters. The minimum Gasteiger partial charge on any atom is -0.232 e. The van der Waals surface area contributed by atoms with Gasteiger partial charge < -0.3 is 0 Å². The number of alkyl halides is 1. The third-order valence-electron chi connectivity index (χ3n) is 1.86. The Morgan fingerprint density at radius 3 is 3.00 bits per heavy atom. The molecule has 0 aliphatic carbocycles. The largest absolute Gasteiger partial charge is 0.232 e. The summed E-state index contributed by atoms with van der Waals surface area (Å²) in [7, 11) is 0. The Morgan fingerprint density at radius 2 is 2.31 bits per heavy atom. The Labute approximate surface area is 88.9 Å². The lowest BCUT2D eigenvalue weighted by molar-refractivity contribution is 0.891. The fourth-order valence-corrected chi connectivity index (χ4v) is 2.00. The van der Waals surface area contributed by atoms with Gasteiger partial charge in [0.1, 0.15) is 5.15 Å². The van der Waals surface area contributed by atoms with Crippen molar-refractivity contribution < 1.29 is 0 Å². The lowest BCUT2D eigenvalue weighted by Crippen LogP contribution is -1.95. The fraction of sp³-hybridized carbons (Fsp3) is 0.250. The summed E-state index contributed by atoms with van der Waals surface area (Å²) in [5.74, 6) is 0. The minimum atomic E-state index is 0.479. The number of imidazole rings is 1. The highest BCUT2D eigenvalue weighted by Gasteiger charge is 2.07. The standard InChI is InChI=1S/C8H7BrClN3/c1-5-6(4-9)13-8(11-5)3-2-7(10)12-13/h2-3H,4H2,1H3. The molecule has 68 valence electrons. The summed E-state index contributed by atoms with van der Waals surface area (Å²) in [6.45, 7) is 1.96. The van der Waals surface area contributed by atoms with E-state index in [0.29, 0.717) is 5.15 Å². The lowest BCUT2D eigenvalue weighted by Gasteiger charge is -1.96. The fourth-order valence-electron chi connectivity index (χ4n) is 1.22. The minimum absolute atomic E-state index is 0.479. The SMILES string of the molecule is Cc1nc2ccc(Cl)nn2c1CBr. The zero-order valence-electron chi connectivity index (χ0n) is 6.96. The normalized spacial score (nSPS) is 11.0. The van der Waals surface area contributed by atoms with Crippen LogP contribution in [0.4, 0.5) is 0 Å². The van der Waals surface area contributed by atoms with Gasteiger partial charge in [-0.3, -0.25) is 0 Å². The number of fused-ring (bicyclic) bond motifs is 1. The topological polar surface area (TPSA) is 30.2 Å². The molecule has 0 aromatic carbocycles. The van der Waals surface area contributed by atoms with Crippen LogP contribution >= 0.6 is 27.5 Å². The number of halogens is 2. The van der Waals surface area contributed by atoms with Crippen LogP contribution in [0.25, 0.3) is 5.65 Å². The molecule has 0 spiro atoms. The number of hydrogen-bond donors (Lipinski definition) is 0. The quantitative estimate of drug-likeness (QED) is 0.738. The van der Waals surface area contributed by atoms with Gasteiger partial charge in [0.25, 0.3) is 0 Å². The van der Waals surface area contributed by atoms with Crippen molar-refractivity contribution in [2.45, 2.75) is 12.3 Å². The van der Waals surface area contributed by atoms with Crippen molar-refractivity contribution in [3.05, 3.63) is 28.7 Å². The predicted octanol–water partition coefficient (Wildman–Crippen LogP) is 2.59. The molecule has 0 aliphatic heterocycles. The van der Waals surface area contributed by atoms with Crippen molar-refractivity contribution in [3.63, 3.8) is 0 Å². The Morgan fingerprint density at radius 1 is 1.54 bits per heavy atom. The number of hydrogen-bond acceptors (Lipinski definition) is 2. The molecule has 2 aromatic heterocycles. The third kappa shape index (κ3) is 1.44. The van der Waals surface area contributed by atoms with Crippen LogP contribution in [0.15, 0.2) is 12.1 Å². The molecule has 0 unspecified atom stereocenters. The molecule has 0 N–H and O–H groups in total. The van der Waals surface area contributed by atoms with E-state index in [2.05, 4.69) is 26.0 Å². The second-order valence-corrected chi connectivity index (χ2v) is 3.65. The molecule has 13 heavy (non-hydrogen) atoms. The van der Waals surface area contributed by atoms with Gasteiger partial charge in [-0.2, -0.15) is 5.10 Å². The zero-order valence-corrected chi connectivity index (χ0v) is 9.30. The summed E-state index contributed by atoms with van der Waals surface area (Å²) >= 11 is 9.17. The maximum absolute atomic E-state index is 5.78. The van der Waals surface area contributed by atoms with E-state index < -0.39 is 0 Å². The van der Waals surface area contributed by atoms with Gasteiger partial charge in [0, 0.05) is 5.33 Å². The third-order valence-corrected chi connectivity index (χ3v) is 2.60. The molecular formula is C8H7BrClN3. The van der Waals surface area contributed by atoms with Crippen LogP contribution in [-0.4, -0.2) is 14.6 Å². The Kier molecular flexibility index (Phi) is 2.26. The molecule has 0 radical (unpaired) electrons. The second kappa shape index (κ2) is 3.27. The van der Waals surface area contributed by atoms with Crippen LogP contribution in [0.3, 0.4) is 0 Å². The highest BCUT2D eigenvalue weighted by molar-refractivity contribution is 9.08. The maximum Gasteiger partial charge on any atom is 0.154 e. The summed E-state index contributed by atoms with van der Waals surface area (Å²) in [4.78, 5) is 4.34. The van der Waals surface area contributed by atoms with Gasteiger partial charge >= 0.3 is 0 Å². The number of aromatic nitrogens is 3. The molecule has 2 heterocycles. The molecular weight excluding hydrogens is 253 g/mol. The van der Waals surface area contributed by atoms with Crippen LogP contribution in [0.1, 0.15) is 11.4 Å². The molecule has 2 aromatic rings.